The number of nitrogens with one attached hydrogen (secondary N) is 3. The Balaban J connectivity index is 1.28. The predicted molar refractivity (Wildman–Crippen MR) is 110 cm³/mol. The minimum Gasteiger partial charge on any atom is -0.374 e. The molecule has 3 aliphatic heterocycles. The van der Waals surface area contributed by atoms with E-state index in [0.717, 1.165) is 57.8 Å². The lowest BCUT2D eigenvalue weighted by atomic mass is 9.89. The molecule has 156 valence electrons. The van der Waals surface area contributed by atoms with Gasteiger partial charge in [0.15, 0.2) is 0 Å². The number of nitrogens with zero attached hydrogens (tertiary/aromatic N) is 2. The number of urea groups is 1. The number of amides is 4. The van der Waals surface area contributed by atoms with Crippen molar-refractivity contribution >= 4 is 23.5 Å². The van der Waals surface area contributed by atoms with Crippen LogP contribution in [0.5, 0.6) is 0 Å². The van der Waals surface area contributed by atoms with Gasteiger partial charge in [0, 0.05) is 51.4 Å². The number of piperidine rings is 2. The van der Waals surface area contributed by atoms with Crippen molar-refractivity contribution < 1.29 is 14.4 Å². The summed E-state index contributed by atoms with van der Waals surface area (Å²) in [7, 11) is 0. The molecule has 3 aliphatic rings. The third-order valence-corrected chi connectivity index (χ3v) is 6.12. The van der Waals surface area contributed by atoms with Crippen molar-refractivity contribution in [3.05, 3.63) is 29.8 Å². The fourth-order valence-corrected chi connectivity index (χ4v) is 4.34. The summed E-state index contributed by atoms with van der Waals surface area (Å²) < 4.78 is 0. The van der Waals surface area contributed by atoms with Gasteiger partial charge in [0.2, 0.25) is 11.8 Å². The standard InChI is InChI=1S/C21H29N5O3/c27-19-6-5-18(20(28)24-19)23-17-3-1-15(2-4-17)16-7-11-25(12-8-16)21(29)26-13-9-22-10-14-26/h1-4,16,18,22-23H,5-14H2,(H,24,27,28). The number of likely N-dealkylation sites (tertiary alicyclic amines) is 1. The first-order valence-corrected chi connectivity index (χ1v) is 10.5. The van der Waals surface area contributed by atoms with Crippen LogP contribution in [0.3, 0.4) is 0 Å². The van der Waals surface area contributed by atoms with Crippen molar-refractivity contribution in [3.8, 4) is 0 Å². The highest BCUT2D eigenvalue weighted by molar-refractivity contribution is 6.01. The van der Waals surface area contributed by atoms with Crippen molar-refractivity contribution in [1.29, 1.82) is 0 Å². The Morgan fingerprint density at radius 1 is 0.931 bits per heavy atom. The molecule has 1 atom stereocenters. The molecule has 3 fully saturated rings. The van der Waals surface area contributed by atoms with Gasteiger partial charge in [-0.1, -0.05) is 12.1 Å². The summed E-state index contributed by atoms with van der Waals surface area (Å²) in [5, 5.41) is 8.86. The van der Waals surface area contributed by atoms with Crippen LogP contribution in [0.15, 0.2) is 24.3 Å². The molecular formula is C21H29N5O3. The summed E-state index contributed by atoms with van der Waals surface area (Å²) >= 11 is 0. The normalized spacial score (nSPS) is 23.7. The Bertz CT molecular complexity index is 752. The van der Waals surface area contributed by atoms with Crippen LogP contribution < -0.4 is 16.0 Å². The molecule has 3 saturated heterocycles. The molecule has 1 aromatic rings. The van der Waals surface area contributed by atoms with Crippen molar-refractivity contribution in [2.24, 2.45) is 0 Å². The Morgan fingerprint density at radius 3 is 2.24 bits per heavy atom. The zero-order valence-electron chi connectivity index (χ0n) is 16.7. The van der Waals surface area contributed by atoms with Gasteiger partial charge in [-0.25, -0.2) is 4.79 Å². The summed E-state index contributed by atoms with van der Waals surface area (Å²) in [5.74, 6) is -0.0104. The van der Waals surface area contributed by atoms with Crippen LogP contribution in [0, 0.1) is 0 Å². The first-order valence-electron chi connectivity index (χ1n) is 10.5. The van der Waals surface area contributed by atoms with E-state index in [9.17, 15) is 14.4 Å². The Labute approximate surface area is 171 Å². The highest BCUT2D eigenvalue weighted by atomic mass is 16.2. The molecule has 0 spiro atoms. The van der Waals surface area contributed by atoms with E-state index < -0.39 is 0 Å². The number of hydrogen-bond donors (Lipinski definition) is 3. The van der Waals surface area contributed by atoms with Crippen molar-refractivity contribution in [1.82, 2.24) is 20.4 Å². The molecule has 0 bridgehead atoms. The molecule has 0 aliphatic carbocycles. The third kappa shape index (κ3) is 4.70. The topological polar surface area (TPSA) is 93.8 Å². The van der Waals surface area contributed by atoms with Gasteiger partial charge in [-0.3, -0.25) is 14.9 Å². The van der Waals surface area contributed by atoms with E-state index in [0.29, 0.717) is 18.8 Å². The minimum atomic E-state index is -0.363. The van der Waals surface area contributed by atoms with E-state index in [4.69, 9.17) is 0 Å². The molecule has 4 rings (SSSR count). The lowest BCUT2D eigenvalue weighted by molar-refractivity contribution is -0.133. The zero-order chi connectivity index (χ0) is 20.2. The lowest BCUT2D eigenvalue weighted by Crippen LogP contribution is -2.52. The van der Waals surface area contributed by atoms with E-state index in [2.05, 4.69) is 28.1 Å². The number of hydrogen-bond acceptors (Lipinski definition) is 5. The number of anilines is 1. The van der Waals surface area contributed by atoms with Gasteiger partial charge in [-0.15, -0.1) is 0 Å². The van der Waals surface area contributed by atoms with E-state index in [1.807, 2.05) is 21.9 Å². The minimum absolute atomic E-state index is 0.175. The van der Waals surface area contributed by atoms with Gasteiger partial charge in [0.05, 0.1) is 0 Å². The summed E-state index contributed by atoms with van der Waals surface area (Å²) in [6.45, 7) is 4.93. The number of carbonyl (C=O) groups excluding carboxylic acids is 3. The van der Waals surface area contributed by atoms with Crippen LogP contribution in [0.25, 0.3) is 0 Å². The fourth-order valence-electron chi connectivity index (χ4n) is 4.34. The second kappa shape index (κ2) is 8.82. The maximum Gasteiger partial charge on any atom is 0.320 e. The molecule has 1 aromatic carbocycles. The number of piperazine rings is 1. The average Bonchev–Trinajstić information content (AvgIpc) is 2.76. The number of benzene rings is 1. The Morgan fingerprint density at radius 2 is 1.59 bits per heavy atom. The summed E-state index contributed by atoms with van der Waals surface area (Å²) in [5.41, 5.74) is 2.16. The van der Waals surface area contributed by atoms with Crippen LogP contribution in [0.2, 0.25) is 0 Å². The van der Waals surface area contributed by atoms with Gasteiger partial charge in [0.25, 0.3) is 0 Å². The van der Waals surface area contributed by atoms with Gasteiger partial charge in [0.1, 0.15) is 6.04 Å². The van der Waals surface area contributed by atoms with Crippen molar-refractivity contribution in [3.63, 3.8) is 0 Å². The number of imide groups is 1. The lowest BCUT2D eigenvalue weighted by Gasteiger charge is -2.37. The SMILES string of the molecule is O=C1CCC(Nc2ccc(C3CCN(C(=O)N4CCNCC4)CC3)cc2)C(=O)N1. The predicted octanol–water partition coefficient (Wildman–Crippen LogP) is 1.11. The summed E-state index contributed by atoms with van der Waals surface area (Å²) in [4.78, 5) is 39.7. The van der Waals surface area contributed by atoms with Gasteiger partial charge in [-0.2, -0.15) is 0 Å². The van der Waals surface area contributed by atoms with Crippen LogP contribution in [0.4, 0.5) is 10.5 Å². The highest BCUT2D eigenvalue weighted by Crippen LogP contribution is 2.29. The molecule has 4 amide bonds. The van der Waals surface area contributed by atoms with E-state index in [-0.39, 0.29) is 23.9 Å². The van der Waals surface area contributed by atoms with Crippen LogP contribution in [0.1, 0.15) is 37.2 Å². The van der Waals surface area contributed by atoms with Crippen LogP contribution >= 0.6 is 0 Å². The van der Waals surface area contributed by atoms with Gasteiger partial charge < -0.3 is 20.4 Å². The molecule has 3 N–H and O–H groups in total. The average molecular weight is 399 g/mol. The number of rotatable bonds is 3. The second-order valence-electron chi connectivity index (χ2n) is 8.05. The van der Waals surface area contributed by atoms with E-state index in [1.165, 1.54) is 5.56 Å². The first kappa shape index (κ1) is 19.7. The van der Waals surface area contributed by atoms with Gasteiger partial charge in [-0.05, 0) is 42.9 Å². The molecular weight excluding hydrogens is 370 g/mol. The molecule has 1 unspecified atom stereocenters. The molecule has 29 heavy (non-hydrogen) atoms. The maximum atomic E-state index is 12.6. The molecule has 0 aromatic heterocycles. The summed E-state index contributed by atoms with van der Waals surface area (Å²) in [6.07, 6.45) is 2.83. The quantitative estimate of drug-likeness (QED) is 0.662. The third-order valence-electron chi connectivity index (χ3n) is 6.12. The van der Waals surface area contributed by atoms with Crippen LogP contribution in [-0.2, 0) is 9.59 Å². The molecule has 3 heterocycles. The second-order valence-corrected chi connectivity index (χ2v) is 8.05. The Hall–Kier alpha value is -2.61. The zero-order valence-corrected chi connectivity index (χ0v) is 16.7. The van der Waals surface area contributed by atoms with E-state index in [1.54, 1.807) is 0 Å². The first-order chi connectivity index (χ1) is 14.1. The monoisotopic (exact) mass is 399 g/mol. The van der Waals surface area contributed by atoms with E-state index >= 15 is 0 Å². The molecule has 8 nitrogen and oxygen atoms in total. The molecule has 0 radical (unpaired) electrons. The van der Waals surface area contributed by atoms with Crippen molar-refractivity contribution in [2.75, 3.05) is 44.6 Å². The highest BCUT2D eigenvalue weighted by Gasteiger charge is 2.28. The summed E-state index contributed by atoms with van der Waals surface area (Å²) in [6, 6.07) is 8.01. The Kier molecular flexibility index (Phi) is 5.99. The smallest absolute Gasteiger partial charge is 0.320 e. The number of carbonyl (C=O) groups is 3. The fraction of sp³-hybridized carbons (Fsp3) is 0.571. The largest absolute Gasteiger partial charge is 0.374 e. The van der Waals surface area contributed by atoms with Gasteiger partial charge >= 0.3 is 6.03 Å². The molecule has 8 heteroatoms. The maximum absolute atomic E-state index is 12.6. The molecule has 0 saturated carbocycles. The van der Waals surface area contributed by atoms with Crippen LogP contribution in [-0.4, -0.2) is 73.0 Å². The van der Waals surface area contributed by atoms with Crippen molar-refractivity contribution in [2.45, 2.75) is 37.6 Å².